The van der Waals surface area contributed by atoms with Crippen molar-refractivity contribution >= 4 is 27.6 Å². The zero-order chi connectivity index (χ0) is 25.6. The summed E-state index contributed by atoms with van der Waals surface area (Å²) in [5, 5.41) is 11.8. The normalized spacial score (nSPS) is 10.9. The highest BCUT2D eigenvalue weighted by atomic mass is 32.2. The Kier molecular flexibility index (Phi) is 7.98. The summed E-state index contributed by atoms with van der Waals surface area (Å²) in [7, 11) is -1.35. The number of amides is 1. The van der Waals surface area contributed by atoms with E-state index in [1.54, 1.807) is 36.4 Å². The quantitative estimate of drug-likeness (QED) is 0.440. The molecule has 35 heavy (non-hydrogen) atoms. The van der Waals surface area contributed by atoms with Crippen LogP contribution < -0.4 is 19.1 Å². The van der Waals surface area contributed by atoms with E-state index in [-0.39, 0.29) is 28.4 Å². The lowest BCUT2D eigenvalue weighted by Crippen LogP contribution is -2.41. The van der Waals surface area contributed by atoms with Gasteiger partial charge in [0.15, 0.2) is 11.5 Å². The Balaban J connectivity index is 1.95. The van der Waals surface area contributed by atoms with Gasteiger partial charge in [0.2, 0.25) is 5.91 Å². The molecule has 0 aromatic heterocycles. The maximum atomic E-state index is 13.6. The van der Waals surface area contributed by atoms with Crippen LogP contribution in [0.1, 0.15) is 21.5 Å². The number of carbonyl (C=O) groups excluding carboxylic acids is 1. The second kappa shape index (κ2) is 10.9. The molecule has 0 aliphatic rings. The number of rotatable bonds is 10. The van der Waals surface area contributed by atoms with Gasteiger partial charge < -0.3 is 19.9 Å². The number of hydrogen-bond donors (Lipinski definition) is 2. The first-order valence-electron chi connectivity index (χ1n) is 10.6. The zero-order valence-electron chi connectivity index (χ0n) is 19.5. The van der Waals surface area contributed by atoms with Gasteiger partial charge in [0.25, 0.3) is 10.0 Å². The SMILES string of the molecule is COc1cccc(N(CC(=O)NCc2cccc(C(=O)O)c2)S(=O)(=O)c2ccc(C)cc2)c1OC. The number of anilines is 1. The van der Waals surface area contributed by atoms with Gasteiger partial charge in [-0.25, -0.2) is 13.2 Å². The standard InChI is InChI=1S/C25H26N2O7S/c1-17-10-12-20(13-11-17)35(31,32)27(21-8-5-9-22(33-2)24(21)34-3)16-23(28)26-15-18-6-4-7-19(14-18)25(29)30/h4-14H,15-16H2,1-3H3,(H,26,28)(H,29,30). The van der Waals surface area contributed by atoms with Crippen LogP contribution in [0.3, 0.4) is 0 Å². The van der Waals surface area contributed by atoms with Crippen LogP contribution >= 0.6 is 0 Å². The summed E-state index contributed by atoms with van der Waals surface area (Å²) in [5.74, 6) is -1.21. The smallest absolute Gasteiger partial charge is 0.335 e. The Morgan fingerprint density at radius 1 is 0.971 bits per heavy atom. The Labute approximate surface area is 204 Å². The number of nitrogens with zero attached hydrogens (tertiary/aromatic N) is 1. The molecule has 0 bridgehead atoms. The predicted molar refractivity (Wildman–Crippen MR) is 131 cm³/mol. The topological polar surface area (TPSA) is 122 Å². The van der Waals surface area contributed by atoms with E-state index < -0.39 is 28.4 Å². The first kappa shape index (κ1) is 25.6. The van der Waals surface area contributed by atoms with Gasteiger partial charge in [0.1, 0.15) is 6.54 Å². The predicted octanol–water partition coefficient (Wildman–Crippen LogP) is 3.22. The number of aryl methyl sites for hydroxylation is 1. The Morgan fingerprint density at radius 2 is 1.66 bits per heavy atom. The monoisotopic (exact) mass is 498 g/mol. The maximum absolute atomic E-state index is 13.6. The van der Waals surface area contributed by atoms with Crippen molar-refractivity contribution in [3.05, 3.63) is 83.4 Å². The van der Waals surface area contributed by atoms with Gasteiger partial charge >= 0.3 is 5.97 Å². The van der Waals surface area contributed by atoms with Gasteiger partial charge in [-0.3, -0.25) is 9.10 Å². The van der Waals surface area contributed by atoms with E-state index in [1.807, 2.05) is 6.92 Å². The van der Waals surface area contributed by atoms with E-state index >= 15 is 0 Å². The molecule has 3 aromatic carbocycles. The number of hydrogen-bond acceptors (Lipinski definition) is 6. The average Bonchev–Trinajstić information content (AvgIpc) is 2.85. The van der Waals surface area contributed by atoms with Crippen LogP contribution in [0.5, 0.6) is 11.5 Å². The minimum Gasteiger partial charge on any atom is -0.493 e. The largest absolute Gasteiger partial charge is 0.493 e. The van der Waals surface area contributed by atoms with E-state index in [2.05, 4.69) is 5.32 Å². The number of carboxylic acids is 1. The van der Waals surface area contributed by atoms with Gasteiger partial charge in [0.05, 0.1) is 30.4 Å². The summed E-state index contributed by atoms with van der Waals surface area (Å²) in [5.41, 5.74) is 1.66. The van der Waals surface area contributed by atoms with E-state index in [1.165, 1.54) is 44.6 Å². The molecule has 0 saturated carbocycles. The summed E-state index contributed by atoms with van der Waals surface area (Å²) in [4.78, 5) is 24.1. The Hall–Kier alpha value is -4.05. The Morgan fingerprint density at radius 3 is 2.29 bits per heavy atom. The van der Waals surface area contributed by atoms with Crippen LogP contribution in [-0.4, -0.2) is 46.2 Å². The molecule has 2 N–H and O–H groups in total. The van der Waals surface area contributed by atoms with E-state index in [9.17, 15) is 18.0 Å². The number of carbonyl (C=O) groups is 2. The van der Waals surface area contributed by atoms with E-state index in [0.29, 0.717) is 11.3 Å². The fraction of sp³-hybridized carbons (Fsp3) is 0.200. The number of methoxy groups -OCH3 is 2. The summed E-state index contributed by atoms with van der Waals surface area (Å²) in [6, 6.07) is 17.1. The summed E-state index contributed by atoms with van der Waals surface area (Å²) < 4.78 is 38.9. The molecule has 0 aliphatic carbocycles. The lowest BCUT2D eigenvalue weighted by Gasteiger charge is -2.26. The molecule has 10 heteroatoms. The van der Waals surface area contributed by atoms with Crippen molar-refractivity contribution in [2.75, 3.05) is 25.1 Å². The molecule has 9 nitrogen and oxygen atoms in total. The third-order valence-electron chi connectivity index (χ3n) is 5.21. The van der Waals surface area contributed by atoms with Crippen LogP contribution in [0.4, 0.5) is 5.69 Å². The maximum Gasteiger partial charge on any atom is 0.335 e. The molecule has 0 atom stereocenters. The number of carboxylic acid groups (broad SMARTS) is 1. The van der Waals surface area contributed by atoms with Gasteiger partial charge in [-0.15, -0.1) is 0 Å². The molecule has 3 aromatic rings. The molecule has 0 aliphatic heterocycles. The highest BCUT2D eigenvalue weighted by Crippen LogP contribution is 2.39. The van der Waals surface area contributed by atoms with Crippen molar-refractivity contribution in [2.45, 2.75) is 18.4 Å². The van der Waals surface area contributed by atoms with Crippen molar-refractivity contribution in [2.24, 2.45) is 0 Å². The highest BCUT2D eigenvalue weighted by Gasteiger charge is 2.30. The van der Waals surface area contributed by atoms with Crippen LogP contribution in [0.25, 0.3) is 0 Å². The molecular weight excluding hydrogens is 472 g/mol. The number of benzene rings is 3. The molecule has 1 amide bonds. The van der Waals surface area contributed by atoms with Crippen LogP contribution in [-0.2, 0) is 21.4 Å². The lowest BCUT2D eigenvalue weighted by molar-refractivity contribution is -0.119. The molecule has 0 fully saturated rings. The number of aromatic carboxylic acids is 1. The molecule has 3 rings (SSSR count). The summed E-state index contributed by atoms with van der Waals surface area (Å²) in [6.07, 6.45) is 0. The van der Waals surface area contributed by atoms with Crippen LogP contribution in [0, 0.1) is 6.92 Å². The average molecular weight is 499 g/mol. The molecule has 184 valence electrons. The van der Waals surface area contributed by atoms with Crippen LogP contribution in [0.15, 0.2) is 71.6 Å². The van der Waals surface area contributed by atoms with Gasteiger partial charge in [0, 0.05) is 6.54 Å². The fourth-order valence-electron chi connectivity index (χ4n) is 3.40. The number of sulfonamides is 1. The molecular formula is C25H26N2O7S. The van der Waals surface area contributed by atoms with E-state index in [0.717, 1.165) is 9.87 Å². The molecule has 0 unspecified atom stereocenters. The van der Waals surface area contributed by atoms with Crippen molar-refractivity contribution < 1.29 is 32.6 Å². The molecule has 0 saturated heterocycles. The summed E-state index contributed by atoms with van der Waals surface area (Å²) in [6.45, 7) is 1.32. The second-order valence-electron chi connectivity index (χ2n) is 7.62. The first-order valence-corrected chi connectivity index (χ1v) is 12.0. The van der Waals surface area contributed by atoms with Crippen LogP contribution in [0.2, 0.25) is 0 Å². The molecule has 0 heterocycles. The molecule has 0 radical (unpaired) electrons. The van der Waals surface area contributed by atoms with Gasteiger partial charge in [-0.05, 0) is 48.9 Å². The van der Waals surface area contributed by atoms with Gasteiger partial charge in [-0.1, -0.05) is 35.9 Å². The highest BCUT2D eigenvalue weighted by molar-refractivity contribution is 7.92. The lowest BCUT2D eigenvalue weighted by atomic mass is 10.1. The van der Waals surface area contributed by atoms with Crippen molar-refractivity contribution in [3.63, 3.8) is 0 Å². The third kappa shape index (κ3) is 5.90. The van der Waals surface area contributed by atoms with E-state index in [4.69, 9.17) is 14.6 Å². The molecule has 0 spiro atoms. The van der Waals surface area contributed by atoms with Crippen molar-refractivity contribution in [3.8, 4) is 11.5 Å². The second-order valence-corrected chi connectivity index (χ2v) is 9.48. The number of nitrogens with one attached hydrogen (secondary N) is 1. The van der Waals surface area contributed by atoms with Crippen molar-refractivity contribution in [1.82, 2.24) is 5.32 Å². The fourth-order valence-corrected chi connectivity index (χ4v) is 4.83. The minimum atomic E-state index is -4.17. The zero-order valence-corrected chi connectivity index (χ0v) is 20.3. The van der Waals surface area contributed by atoms with Crippen molar-refractivity contribution in [1.29, 1.82) is 0 Å². The minimum absolute atomic E-state index is 0.00920. The first-order chi connectivity index (χ1) is 16.7. The number of ether oxygens (including phenoxy) is 2. The third-order valence-corrected chi connectivity index (χ3v) is 6.98. The number of para-hydroxylation sites is 1. The summed E-state index contributed by atoms with van der Waals surface area (Å²) >= 11 is 0. The Bertz CT molecular complexity index is 1320. The van der Waals surface area contributed by atoms with Gasteiger partial charge in [-0.2, -0.15) is 0 Å².